The number of halogens is 1. The lowest BCUT2D eigenvalue weighted by Crippen LogP contribution is -1.80. The van der Waals surface area contributed by atoms with E-state index in [9.17, 15) is 14.5 Å². The van der Waals surface area contributed by atoms with Gasteiger partial charge in [0.25, 0.3) is 0 Å². The van der Waals surface area contributed by atoms with E-state index in [1.807, 2.05) is 0 Å². The summed E-state index contributed by atoms with van der Waals surface area (Å²) >= 11 is 0.530. The van der Waals surface area contributed by atoms with Crippen molar-refractivity contribution in [2.24, 2.45) is 0 Å². The Morgan fingerprint density at radius 1 is 1.67 bits per heavy atom. The zero-order valence-electron chi connectivity index (χ0n) is 4.20. The summed E-state index contributed by atoms with van der Waals surface area (Å²) in [5.41, 5.74) is 0. The van der Waals surface area contributed by atoms with E-state index in [1.54, 1.807) is 0 Å². The van der Waals surface area contributed by atoms with Gasteiger partial charge in [0, 0.05) is 6.07 Å². The fraction of sp³-hybridized carbons (Fsp3) is 0. The van der Waals surface area contributed by atoms with E-state index in [0.29, 0.717) is 11.3 Å². The highest BCUT2D eigenvalue weighted by molar-refractivity contribution is 7.13. The van der Waals surface area contributed by atoms with Crippen LogP contribution in [0.1, 0.15) is 0 Å². The van der Waals surface area contributed by atoms with Crippen LogP contribution in [0.15, 0.2) is 12.1 Å². The zero-order chi connectivity index (χ0) is 6.85. The lowest BCUT2D eigenvalue weighted by atomic mass is 10.6. The molecule has 0 saturated heterocycles. The standard InChI is InChI=1S/C4H2FNO2S/c5-3-1-2-4(9-3)6(7)8/h1-2H. The van der Waals surface area contributed by atoms with Gasteiger partial charge in [0.05, 0.1) is 4.92 Å². The van der Waals surface area contributed by atoms with Gasteiger partial charge in [0.15, 0.2) is 5.13 Å². The molecule has 0 spiro atoms. The molecule has 1 rings (SSSR count). The van der Waals surface area contributed by atoms with Crippen molar-refractivity contribution in [3.63, 3.8) is 0 Å². The maximum Gasteiger partial charge on any atom is 0.326 e. The van der Waals surface area contributed by atoms with Crippen molar-refractivity contribution in [1.82, 2.24) is 0 Å². The molecule has 0 saturated carbocycles. The Morgan fingerprint density at radius 2 is 2.33 bits per heavy atom. The number of nitro groups is 1. The maximum atomic E-state index is 12.0. The Labute approximate surface area is 53.9 Å². The summed E-state index contributed by atoms with van der Waals surface area (Å²) in [6.07, 6.45) is 0. The van der Waals surface area contributed by atoms with Gasteiger partial charge in [0.2, 0.25) is 0 Å². The van der Waals surface area contributed by atoms with Gasteiger partial charge in [-0.1, -0.05) is 0 Å². The number of thiophene rings is 1. The zero-order valence-corrected chi connectivity index (χ0v) is 5.02. The minimum atomic E-state index is -0.617. The smallest absolute Gasteiger partial charge is 0.258 e. The molecule has 0 aliphatic heterocycles. The molecule has 0 unspecified atom stereocenters. The summed E-state index contributed by atoms with van der Waals surface area (Å²) in [5, 5.41) is 9.18. The number of hydrogen-bond donors (Lipinski definition) is 0. The molecule has 1 aromatic heterocycles. The highest BCUT2D eigenvalue weighted by Crippen LogP contribution is 2.21. The molecule has 0 amide bonds. The summed E-state index contributed by atoms with van der Waals surface area (Å²) < 4.78 is 12.0. The lowest BCUT2D eigenvalue weighted by molar-refractivity contribution is -0.380. The first-order chi connectivity index (χ1) is 4.20. The Hall–Kier alpha value is -0.970. The molecule has 5 heteroatoms. The van der Waals surface area contributed by atoms with Crippen molar-refractivity contribution in [2.45, 2.75) is 0 Å². The molecule has 1 heterocycles. The van der Waals surface area contributed by atoms with E-state index in [0.717, 1.165) is 12.1 Å². The molecule has 3 nitrogen and oxygen atoms in total. The Bertz CT molecular complexity index is 234. The Morgan fingerprint density at radius 3 is 2.56 bits per heavy atom. The van der Waals surface area contributed by atoms with Crippen molar-refractivity contribution >= 4 is 16.3 Å². The van der Waals surface area contributed by atoms with E-state index >= 15 is 0 Å². The van der Waals surface area contributed by atoms with Crippen LogP contribution in [0.2, 0.25) is 0 Å². The topological polar surface area (TPSA) is 43.1 Å². The highest BCUT2D eigenvalue weighted by Gasteiger charge is 2.07. The van der Waals surface area contributed by atoms with Crippen LogP contribution in [0.5, 0.6) is 0 Å². The molecule has 0 aromatic carbocycles. The Balaban J connectivity index is 2.98. The van der Waals surface area contributed by atoms with Crippen molar-refractivity contribution in [3.8, 4) is 0 Å². The molecular formula is C4H2FNO2S. The minimum Gasteiger partial charge on any atom is -0.258 e. The van der Waals surface area contributed by atoms with Gasteiger partial charge >= 0.3 is 5.00 Å². The highest BCUT2D eigenvalue weighted by atomic mass is 32.1. The fourth-order valence-electron chi connectivity index (χ4n) is 0.403. The second-order valence-corrected chi connectivity index (χ2v) is 2.35. The molecule has 1 aromatic rings. The van der Waals surface area contributed by atoms with E-state index in [2.05, 4.69) is 0 Å². The summed E-state index contributed by atoms with van der Waals surface area (Å²) in [6, 6.07) is 2.21. The van der Waals surface area contributed by atoms with Crippen LogP contribution < -0.4 is 0 Å². The molecular weight excluding hydrogens is 145 g/mol. The number of nitrogens with zero attached hydrogens (tertiary/aromatic N) is 1. The maximum absolute atomic E-state index is 12.0. The predicted molar refractivity (Wildman–Crippen MR) is 30.9 cm³/mol. The molecule has 0 aliphatic carbocycles. The van der Waals surface area contributed by atoms with Crippen LogP contribution in [-0.4, -0.2) is 4.92 Å². The third kappa shape index (κ3) is 1.23. The molecule has 0 atom stereocenters. The number of hydrogen-bond acceptors (Lipinski definition) is 3. The van der Waals surface area contributed by atoms with Crippen LogP contribution >= 0.6 is 11.3 Å². The third-order valence-electron chi connectivity index (χ3n) is 0.739. The summed E-state index contributed by atoms with van der Waals surface area (Å²) in [4.78, 5) is 9.25. The first kappa shape index (κ1) is 6.15. The molecule has 48 valence electrons. The van der Waals surface area contributed by atoms with E-state index in [4.69, 9.17) is 0 Å². The van der Waals surface area contributed by atoms with Crippen LogP contribution in [0.25, 0.3) is 0 Å². The molecule has 0 bridgehead atoms. The monoisotopic (exact) mass is 147 g/mol. The lowest BCUT2D eigenvalue weighted by Gasteiger charge is -1.77. The second-order valence-electron chi connectivity index (χ2n) is 1.33. The van der Waals surface area contributed by atoms with Gasteiger partial charge in [-0.25, -0.2) is 0 Å². The normalized spacial score (nSPS) is 9.44. The van der Waals surface area contributed by atoms with E-state index in [-0.39, 0.29) is 5.00 Å². The summed E-state index contributed by atoms with van der Waals surface area (Å²) in [5.74, 6) is 0. The first-order valence-electron chi connectivity index (χ1n) is 2.10. The average molecular weight is 147 g/mol. The molecule has 9 heavy (non-hydrogen) atoms. The fourth-order valence-corrected chi connectivity index (χ4v) is 0.949. The van der Waals surface area contributed by atoms with Gasteiger partial charge in [-0.2, -0.15) is 4.39 Å². The van der Waals surface area contributed by atoms with Crippen LogP contribution in [0.4, 0.5) is 9.39 Å². The first-order valence-corrected chi connectivity index (χ1v) is 2.91. The van der Waals surface area contributed by atoms with Crippen molar-refractivity contribution in [3.05, 3.63) is 27.4 Å². The van der Waals surface area contributed by atoms with Crippen molar-refractivity contribution < 1.29 is 9.31 Å². The van der Waals surface area contributed by atoms with E-state index < -0.39 is 10.1 Å². The summed E-state index contributed by atoms with van der Waals surface area (Å²) in [7, 11) is 0. The number of rotatable bonds is 1. The molecule has 0 N–H and O–H groups in total. The molecule has 0 fully saturated rings. The van der Waals surface area contributed by atoms with Gasteiger partial charge in [-0.15, -0.1) is 0 Å². The van der Waals surface area contributed by atoms with Gasteiger partial charge in [-0.3, -0.25) is 10.1 Å². The van der Waals surface area contributed by atoms with E-state index in [1.165, 1.54) is 0 Å². The van der Waals surface area contributed by atoms with Crippen LogP contribution in [0.3, 0.4) is 0 Å². The SMILES string of the molecule is O=[N+]([O-])c1ccc(F)s1. The largest absolute Gasteiger partial charge is 0.326 e. The van der Waals surface area contributed by atoms with Gasteiger partial charge < -0.3 is 0 Å². The predicted octanol–water partition coefficient (Wildman–Crippen LogP) is 1.80. The Kier molecular flexibility index (Phi) is 1.44. The van der Waals surface area contributed by atoms with Gasteiger partial charge in [0.1, 0.15) is 0 Å². The minimum absolute atomic E-state index is 0.160. The van der Waals surface area contributed by atoms with Gasteiger partial charge in [-0.05, 0) is 17.4 Å². The van der Waals surface area contributed by atoms with Crippen molar-refractivity contribution in [2.75, 3.05) is 0 Å². The second kappa shape index (κ2) is 2.10. The average Bonchev–Trinajstić information content (AvgIpc) is 2.14. The molecule has 0 radical (unpaired) electrons. The van der Waals surface area contributed by atoms with Crippen molar-refractivity contribution in [1.29, 1.82) is 0 Å². The third-order valence-corrected chi connectivity index (χ3v) is 1.56. The molecule has 0 aliphatic rings. The van der Waals surface area contributed by atoms with Crippen LogP contribution in [0, 0.1) is 15.2 Å². The summed E-state index contributed by atoms with van der Waals surface area (Å²) in [6.45, 7) is 0. The van der Waals surface area contributed by atoms with Crippen LogP contribution in [-0.2, 0) is 0 Å². The quantitative estimate of drug-likeness (QED) is 0.449.